The normalized spacial score (nSPS) is 27.2. The van der Waals surface area contributed by atoms with Gasteiger partial charge in [0, 0.05) is 69.7 Å². The summed E-state index contributed by atoms with van der Waals surface area (Å²) in [7, 11) is 0. The maximum atomic E-state index is 4.53. The summed E-state index contributed by atoms with van der Waals surface area (Å²) < 4.78 is 2.08. The van der Waals surface area contributed by atoms with Crippen molar-refractivity contribution >= 4 is 0 Å². The zero-order chi connectivity index (χ0) is 18.0. The number of hydrogen-bond acceptors (Lipinski definition) is 4. The van der Waals surface area contributed by atoms with Crippen LogP contribution in [0, 0.1) is 0 Å². The molecule has 0 aliphatic carbocycles. The molecular weight excluding hydrogens is 310 g/mol. The molecule has 0 aromatic carbocycles. The van der Waals surface area contributed by atoms with Crippen LogP contribution in [0.4, 0.5) is 0 Å². The van der Waals surface area contributed by atoms with Crippen LogP contribution < -0.4 is 0 Å². The molecule has 2 aliphatic rings. The highest BCUT2D eigenvalue weighted by Crippen LogP contribution is 2.23. The topological polar surface area (TPSA) is 27.5 Å². The number of piperazine rings is 1. The molecule has 0 saturated carbocycles. The van der Waals surface area contributed by atoms with Gasteiger partial charge in [0.05, 0.1) is 11.7 Å². The van der Waals surface area contributed by atoms with E-state index in [9.17, 15) is 0 Å². The molecule has 0 unspecified atom stereocenters. The lowest BCUT2D eigenvalue weighted by Crippen LogP contribution is -2.48. The van der Waals surface area contributed by atoms with Crippen LogP contribution in [0.3, 0.4) is 0 Å². The van der Waals surface area contributed by atoms with Gasteiger partial charge >= 0.3 is 0 Å². The third-order valence-corrected chi connectivity index (χ3v) is 6.00. The second-order valence-electron chi connectivity index (χ2n) is 9.09. The molecule has 0 radical (unpaired) electrons. The first kappa shape index (κ1) is 18.9. The molecule has 2 fully saturated rings. The van der Waals surface area contributed by atoms with Gasteiger partial charge in [0.2, 0.25) is 0 Å². The first-order valence-electron chi connectivity index (χ1n) is 10.1. The van der Waals surface area contributed by atoms with Gasteiger partial charge in [0.15, 0.2) is 0 Å². The number of likely N-dealkylation sites (tertiary alicyclic amines) is 1. The highest BCUT2D eigenvalue weighted by molar-refractivity contribution is 5.05. The van der Waals surface area contributed by atoms with Crippen LogP contribution in [0.2, 0.25) is 0 Å². The molecule has 3 rings (SSSR count). The zero-order valence-corrected chi connectivity index (χ0v) is 16.9. The molecule has 0 spiro atoms. The Balaban J connectivity index is 1.41. The predicted octanol–water partition coefficient (Wildman–Crippen LogP) is 2.63. The molecule has 0 amide bonds. The van der Waals surface area contributed by atoms with Gasteiger partial charge < -0.3 is 0 Å². The van der Waals surface area contributed by atoms with Crippen molar-refractivity contribution in [3.63, 3.8) is 0 Å². The van der Waals surface area contributed by atoms with Gasteiger partial charge in [-0.3, -0.25) is 19.4 Å². The molecular formula is C20H37N5. The molecule has 3 heterocycles. The Morgan fingerprint density at radius 2 is 1.56 bits per heavy atom. The Morgan fingerprint density at radius 3 is 2.12 bits per heavy atom. The van der Waals surface area contributed by atoms with Gasteiger partial charge in [-0.1, -0.05) is 0 Å². The number of rotatable bonds is 5. The summed E-state index contributed by atoms with van der Waals surface area (Å²) in [5.74, 6) is 0. The van der Waals surface area contributed by atoms with E-state index in [-0.39, 0.29) is 5.54 Å². The van der Waals surface area contributed by atoms with Crippen molar-refractivity contribution in [3.05, 3.63) is 18.0 Å². The highest BCUT2D eigenvalue weighted by Gasteiger charge is 2.27. The van der Waals surface area contributed by atoms with E-state index >= 15 is 0 Å². The molecule has 5 heteroatoms. The third kappa shape index (κ3) is 4.83. The quantitative estimate of drug-likeness (QED) is 0.818. The first-order valence-corrected chi connectivity index (χ1v) is 10.1. The van der Waals surface area contributed by atoms with Crippen LogP contribution in [0.15, 0.2) is 12.4 Å². The zero-order valence-electron chi connectivity index (χ0n) is 16.9. The molecule has 1 aromatic heterocycles. The van der Waals surface area contributed by atoms with Crippen molar-refractivity contribution in [2.45, 2.75) is 71.6 Å². The lowest BCUT2D eigenvalue weighted by Gasteiger charge is -2.36. The number of nitrogens with zero attached hydrogens (tertiary/aromatic N) is 5. The largest absolute Gasteiger partial charge is 0.300 e. The molecule has 1 aromatic rings. The Hall–Kier alpha value is -0.910. The average Bonchev–Trinajstić information content (AvgIpc) is 3.14. The van der Waals surface area contributed by atoms with Crippen LogP contribution in [0.5, 0.6) is 0 Å². The molecule has 0 N–H and O–H groups in total. The summed E-state index contributed by atoms with van der Waals surface area (Å²) in [5, 5.41) is 4.53. The van der Waals surface area contributed by atoms with Crippen LogP contribution in [0.25, 0.3) is 0 Å². The van der Waals surface area contributed by atoms with Gasteiger partial charge in [0.1, 0.15) is 0 Å². The van der Waals surface area contributed by atoms with Crippen molar-refractivity contribution in [2.75, 3.05) is 39.3 Å². The minimum Gasteiger partial charge on any atom is -0.300 e. The molecule has 2 saturated heterocycles. The van der Waals surface area contributed by atoms with Gasteiger partial charge in [-0.05, 0) is 47.5 Å². The van der Waals surface area contributed by atoms with Gasteiger partial charge in [-0.25, -0.2) is 0 Å². The van der Waals surface area contributed by atoms with E-state index in [1.165, 1.54) is 57.7 Å². The Kier molecular flexibility index (Phi) is 5.86. The maximum absolute atomic E-state index is 4.53. The summed E-state index contributed by atoms with van der Waals surface area (Å²) in [4.78, 5) is 7.92. The molecule has 2 atom stereocenters. The van der Waals surface area contributed by atoms with Crippen molar-refractivity contribution in [2.24, 2.45) is 0 Å². The fourth-order valence-electron chi connectivity index (χ4n) is 4.18. The van der Waals surface area contributed by atoms with Gasteiger partial charge in [0.25, 0.3) is 0 Å². The van der Waals surface area contributed by atoms with Crippen molar-refractivity contribution < 1.29 is 0 Å². The number of hydrogen-bond donors (Lipinski definition) is 0. The van der Waals surface area contributed by atoms with Crippen molar-refractivity contribution in [3.8, 4) is 0 Å². The molecule has 5 nitrogen and oxygen atoms in total. The van der Waals surface area contributed by atoms with E-state index < -0.39 is 0 Å². The molecule has 25 heavy (non-hydrogen) atoms. The fraction of sp³-hybridized carbons (Fsp3) is 0.850. The van der Waals surface area contributed by atoms with E-state index in [1.807, 2.05) is 6.20 Å². The highest BCUT2D eigenvalue weighted by atomic mass is 15.3. The van der Waals surface area contributed by atoms with Crippen LogP contribution in [-0.2, 0) is 12.1 Å². The number of aromatic nitrogens is 2. The second kappa shape index (κ2) is 7.77. The minimum absolute atomic E-state index is 0.0702. The van der Waals surface area contributed by atoms with Crippen LogP contribution >= 0.6 is 0 Å². The van der Waals surface area contributed by atoms with Gasteiger partial charge in [-0.2, -0.15) is 5.10 Å². The fourth-order valence-corrected chi connectivity index (χ4v) is 4.18. The van der Waals surface area contributed by atoms with Crippen LogP contribution in [0.1, 0.15) is 53.0 Å². The third-order valence-electron chi connectivity index (χ3n) is 6.00. The molecule has 2 aliphatic heterocycles. The SMILES string of the molecule is C[C@@H]1CC[C@@H](C)N1CCN1CCN(Cc2cnn(C(C)(C)C)c2)CC1. The van der Waals surface area contributed by atoms with E-state index in [0.717, 1.165) is 18.6 Å². The van der Waals surface area contributed by atoms with Crippen molar-refractivity contribution in [1.82, 2.24) is 24.5 Å². The monoisotopic (exact) mass is 347 g/mol. The summed E-state index contributed by atoms with van der Waals surface area (Å²) in [6, 6.07) is 1.55. The molecule has 0 bridgehead atoms. The van der Waals surface area contributed by atoms with E-state index in [0.29, 0.717) is 0 Å². The van der Waals surface area contributed by atoms with Gasteiger partial charge in [-0.15, -0.1) is 0 Å². The standard InChI is InChI=1S/C20H37N5/c1-17-6-7-18(2)24(17)13-12-22-8-10-23(11-9-22)15-19-14-21-25(16-19)20(3,4)5/h14,16-18H,6-13,15H2,1-5H3/t17-,18-/m1/s1. The minimum atomic E-state index is 0.0702. The Morgan fingerprint density at radius 1 is 0.960 bits per heavy atom. The lowest BCUT2D eigenvalue weighted by atomic mass is 10.1. The second-order valence-corrected chi connectivity index (χ2v) is 9.09. The van der Waals surface area contributed by atoms with E-state index in [1.54, 1.807) is 0 Å². The Labute approximate surface area is 154 Å². The maximum Gasteiger partial charge on any atom is 0.0543 e. The Bertz CT molecular complexity index is 529. The van der Waals surface area contributed by atoms with Crippen molar-refractivity contribution in [1.29, 1.82) is 0 Å². The first-order chi connectivity index (χ1) is 11.8. The lowest BCUT2D eigenvalue weighted by molar-refractivity contribution is 0.106. The van der Waals surface area contributed by atoms with E-state index in [4.69, 9.17) is 0 Å². The summed E-state index contributed by atoms with van der Waals surface area (Å²) in [5.41, 5.74) is 1.41. The van der Waals surface area contributed by atoms with Crippen LogP contribution in [-0.4, -0.2) is 75.8 Å². The molecule has 142 valence electrons. The summed E-state index contributed by atoms with van der Waals surface area (Å²) >= 11 is 0. The average molecular weight is 348 g/mol. The van der Waals surface area contributed by atoms with E-state index in [2.05, 4.69) is 65.3 Å². The smallest absolute Gasteiger partial charge is 0.0543 e. The summed E-state index contributed by atoms with van der Waals surface area (Å²) in [6.07, 6.45) is 6.99. The predicted molar refractivity (Wildman–Crippen MR) is 104 cm³/mol. The summed E-state index contributed by atoms with van der Waals surface area (Å²) in [6.45, 7) is 19.6.